The van der Waals surface area contributed by atoms with Gasteiger partial charge in [0.1, 0.15) is 0 Å². The van der Waals surface area contributed by atoms with Crippen LogP contribution >= 0.6 is 11.3 Å². The topological polar surface area (TPSA) is 3.24 Å². The average Bonchev–Trinajstić information content (AvgIpc) is 2.57. The smallest absolute Gasteiger partial charge is 0.00457 e. The minimum Gasteiger partial charge on any atom is -0.307 e. The highest BCUT2D eigenvalue weighted by Gasteiger charge is 1.96. The molecule has 0 atom stereocenters. The Morgan fingerprint density at radius 3 is 2.92 bits per heavy atom. The van der Waals surface area contributed by atoms with Gasteiger partial charge < -0.3 is 4.90 Å². The number of nitrogens with zero attached hydrogens (tertiary/aromatic N) is 1. The molecular formula is C10H17NS. The summed E-state index contributed by atoms with van der Waals surface area (Å²) in [4.78, 5) is 3.87. The van der Waals surface area contributed by atoms with Gasteiger partial charge in [-0.25, -0.2) is 0 Å². The lowest BCUT2D eigenvalue weighted by atomic mass is 10.2. The number of hydrogen-bond acceptors (Lipinski definition) is 2. The van der Waals surface area contributed by atoms with E-state index in [1.54, 1.807) is 0 Å². The fourth-order valence-electron chi connectivity index (χ4n) is 1.14. The summed E-state index contributed by atoms with van der Waals surface area (Å²) < 4.78 is 0. The molecule has 1 rings (SSSR count). The van der Waals surface area contributed by atoms with Crippen LogP contribution in [0.3, 0.4) is 0 Å². The van der Waals surface area contributed by atoms with Gasteiger partial charge in [0, 0.05) is 4.88 Å². The second-order valence-electron chi connectivity index (χ2n) is 3.08. The molecule has 0 amide bonds. The standard InChI is InChI=1S/C10H17NS/c1-3-11(2)8-4-6-10-7-5-9-12-10/h5,7,9H,3-4,6,8H2,1-2H3. The van der Waals surface area contributed by atoms with E-state index in [0.717, 1.165) is 6.54 Å². The van der Waals surface area contributed by atoms with E-state index in [4.69, 9.17) is 0 Å². The first kappa shape index (κ1) is 9.75. The van der Waals surface area contributed by atoms with Crippen molar-refractivity contribution in [1.82, 2.24) is 4.90 Å². The van der Waals surface area contributed by atoms with Crippen molar-refractivity contribution in [2.75, 3.05) is 20.1 Å². The zero-order valence-corrected chi connectivity index (χ0v) is 8.73. The van der Waals surface area contributed by atoms with Crippen LogP contribution in [0.25, 0.3) is 0 Å². The lowest BCUT2D eigenvalue weighted by Gasteiger charge is -2.12. The Labute approximate surface area is 79.0 Å². The summed E-state index contributed by atoms with van der Waals surface area (Å²) in [6, 6.07) is 4.35. The zero-order valence-electron chi connectivity index (χ0n) is 7.92. The first-order chi connectivity index (χ1) is 5.83. The molecule has 0 aliphatic rings. The molecule has 1 aromatic rings. The van der Waals surface area contributed by atoms with Gasteiger partial charge in [-0.15, -0.1) is 11.3 Å². The number of thiophene rings is 1. The van der Waals surface area contributed by atoms with Crippen LogP contribution in [-0.4, -0.2) is 25.0 Å². The van der Waals surface area contributed by atoms with E-state index < -0.39 is 0 Å². The van der Waals surface area contributed by atoms with E-state index in [-0.39, 0.29) is 0 Å². The molecule has 12 heavy (non-hydrogen) atoms. The normalized spacial score (nSPS) is 10.9. The Hall–Kier alpha value is -0.340. The second-order valence-corrected chi connectivity index (χ2v) is 4.11. The summed E-state index contributed by atoms with van der Waals surface area (Å²) >= 11 is 1.86. The van der Waals surface area contributed by atoms with Crippen molar-refractivity contribution >= 4 is 11.3 Å². The third-order valence-corrected chi connectivity index (χ3v) is 3.02. The first-order valence-corrected chi connectivity index (χ1v) is 5.42. The maximum atomic E-state index is 2.35. The van der Waals surface area contributed by atoms with Crippen LogP contribution in [0.1, 0.15) is 18.2 Å². The second kappa shape index (κ2) is 5.33. The van der Waals surface area contributed by atoms with Gasteiger partial charge in [0.2, 0.25) is 0 Å². The molecule has 0 saturated carbocycles. The largest absolute Gasteiger partial charge is 0.307 e. The van der Waals surface area contributed by atoms with Gasteiger partial charge in [-0.2, -0.15) is 0 Å². The fourth-order valence-corrected chi connectivity index (χ4v) is 1.89. The molecule has 68 valence electrons. The highest BCUT2D eigenvalue weighted by atomic mass is 32.1. The number of aryl methyl sites for hydroxylation is 1. The van der Waals surface area contributed by atoms with Crippen LogP contribution in [0, 0.1) is 0 Å². The van der Waals surface area contributed by atoms with Crippen molar-refractivity contribution in [1.29, 1.82) is 0 Å². The van der Waals surface area contributed by atoms with E-state index in [1.807, 2.05) is 11.3 Å². The maximum absolute atomic E-state index is 2.35. The van der Waals surface area contributed by atoms with Gasteiger partial charge in [-0.3, -0.25) is 0 Å². The maximum Gasteiger partial charge on any atom is 0.00457 e. The molecule has 1 aromatic heterocycles. The van der Waals surface area contributed by atoms with Crippen molar-refractivity contribution in [2.45, 2.75) is 19.8 Å². The Balaban J connectivity index is 2.11. The van der Waals surface area contributed by atoms with Crippen LogP contribution in [0.4, 0.5) is 0 Å². The summed E-state index contributed by atoms with van der Waals surface area (Å²) in [5, 5.41) is 2.15. The summed E-state index contributed by atoms with van der Waals surface area (Å²) in [5.41, 5.74) is 0. The average molecular weight is 183 g/mol. The quantitative estimate of drug-likeness (QED) is 0.678. The molecule has 0 saturated heterocycles. The monoisotopic (exact) mass is 183 g/mol. The van der Waals surface area contributed by atoms with Gasteiger partial charge in [-0.1, -0.05) is 13.0 Å². The number of hydrogen-bond donors (Lipinski definition) is 0. The van der Waals surface area contributed by atoms with Crippen LogP contribution in [0.15, 0.2) is 17.5 Å². The van der Waals surface area contributed by atoms with Gasteiger partial charge >= 0.3 is 0 Å². The van der Waals surface area contributed by atoms with Crippen molar-refractivity contribution < 1.29 is 0 Å². The molecule has 0 aliphatic carbocycles. The molecule has 0 bridgehead atoms. The molecule has 1 heterocycles. The Kier molecular flexibility index (Phi) is 4.33. The molecule has 0 unspecified atom stereocenters. The van der Waals surface area contributed by atoms with E-state index in [9.17, 15) is 0 Å². The SMILES string of the molecule is CCN(C)CCCc1cccs1. The lowest BCUT2D eigenvalue weighted by molar-refractivity contribution is 0.348. The molecule has 0 spiro atoms. The van der Waals surface area contributed by atoms with Crippen LogP contribution in [0.2, 0.25) is 0 Å². The third-order valence-electron chi connectivity index (χ3n) is 2.08. The fraction of sp³-hybridized carbons (Fsp3) is 0.600. The van der Waals surface area contributed by atoms with Gasteiger partial charge in [-0.05, 0) is 44.4 Å². The molecule has 0 aliphatic heterocycles. The minimum atomic E-state index is 1.16. The van der Waals surface area contributed by atoms with Gasteiger partial charge in [0.25, 0.3) is 0 Å². The molecule has 0 aromatic carbocycles. The Morgan fingerprint density at radius 1 is 1.50 bits per heavy atom. The predicted molar refractivity (Wildman–Crippen MR) is 55.8 cm³/mol. The Bertz CT molecular complexity index is 194. The van der Waals surface area contributed by atoms with Gasteiger partial charge in [0.05, 0.1) is 0 Å². The molecular weight excluding hydrogens is 166 g/mol. The molecule has 1 nitrogen and oxygen atoms in total. The Morgan fingerprint density at radius 2 is 2.33 bits per heavy atom. The van der Waals surface area contributed by atoms with Crippen molar-refractivity contribution in [3.63, 3.8) is 0 Å². The number of rotatable bonds is 5. The van der Waals surface area contributed by atoms with Crippen LogP contribution in [0.5, 0.6) is 0 Å². The third kappa shape index (κ3) is 3.37. The van der Waals surface area contributed by atoms with Crippen molar-refractivity contribution in [3.8, 4) is 0 Å². The summed E-state index contributed by atoms with van der Waals surface area (Å²) in [6.07, 6.45) is 2.52. The summed E-state index contributed by atoms with van der Waals surface area (Å²) in [6.45, 7) is 4.57. The van der Waals surface area contributed by atoms with Crippen LogP contribution in [-0.2, 0) is 6.42 Å². The molecule has 0 fully saturated rings. The van der Waals surface area contributed by atoms with Crippen LogP contribution < -0.4 is 0 Å². The zero-order chi connectivity index (χ0) is 8.81. The molecule has 0 radical (unpaired) electrons. The highest BCUT2D eigenvalue weighted by molar-refractivity contribution is 7.09. The molecule has 2 heteroatoms. The predicted octanol–water partition coefficient (Wildman–Crippen LogP) is 2.63. The summed E-state index contributed by atoms with van der Waals surface area (Å²) in [5.74, 6) is 0. The first-order valence-electron chi connectivity index (χ1n) is 4.54. The van der Waals surface area contributed by atoms with Gasteiger partial charge in [0.15, 0.2) is 0 Å². The van der Waals surface area contributed by atoms with E-state index in [1.165, 1.54) is 24.3 Å². The summed E-state index contributed by atoms with van der Waals surface area (Å²) in [7, 11) is 2.18. The van der Waals surface area contributed by atoms with E-state index in [0.29, 0.717) is 0 Å². The van der Waals surface area contributed by atoms with Crippen molar-refractivity contribution in [3.05, 3.63) is 22.4 Å². The van der Waals surface area contributed by atoms with E-state index >= 15 is 0 Å². The van der Waals surface area contributed by atoms with E-state index in [2.05, 4.69) is 36.4 Å². The van der Waals surface area contributed by atoms with Crippen molar-refractivity contribution in [2.24, 2.45) is 0 Å². The molecule has 0 N–H and O–H groups in total. The minimum absolute atomic E-state index is 1.16. The highest BCUT2D eigenvalue weighted by Crippen LogP contribution is 2.10. The lowest BCUT2D eigenvalue weighted by Crippen LogP contribution is -2.18.